The maximum atomic E-state index is 13.7. The van der Waals surface area contributed by atoms with Crippen LogP contribution >= 0.6 is 0 Å². The Morgan fingerprint density at radius 3 is 2.61 bits per heavy atom. The van der Waals surface area contributed by atoms with Gasteiger partial charge in [-0.25, -0.2) is 13.8 Å². The molecule has 1 amide bonds. The molecule has 0 aliphatic carbocycles. The van der Waals surface area contributed by atoms with Crippen molar-refractivity contribution in [1.82, 2.24) is 14.7 Å². The van der Waals surface area contributed by atoms with E-state index in [1.165, 1.54) is 0 Å². The molecule has 1 aromatic rings. The van der Waals surface area contributed by atoms with Gasteiger partial charge in [-0.2, -0.15) is 0 Å². The summed E-state index contributed by atoms with van der Waals surface area (Å²) in [6.45, 7) is 4.30. The predicted molar refractivity (Wildman–Crippen MR) is 148 cm³/mol. The van der Waals surface area contributed by atoms with E-state index >= 15 is 0 Å². The van der Waals surface area contributed by atoms with Crippen LogP contribution in [-0.4, -0.2) is 87.2 Å². The van der Waals surface area contributed by atoms with E-state index in [-0.39, 0.29) is 18.4 Å². The van der Waals surface area contributed by atoms with E-state index in [4.69, 9.17) is 10.5 Å². The molecular formula is C29H41F2N5O2. The number of hydrogen-bond acceptors (Lipinski definition) is 6. The SMILES string of the molecule is CCC1=C(c2cc(C3C=NC(OCCCN(C)C)=CC3)ccc2N)C2(CCN(CC(F)F)CC2)C(=O)N1C. The lowest BCUT2D eigenvalue weighted by Crippen LogP contribution is -2.46. The van der Waals surface area contributed by atoms with Crippen molar-refractivity contribution in [3.8, 4) is 0 Å². The van der Waals surface area contributed by atoms with Crippen molar-refractivity contribution in [2.24, 2.45) is 10.4 Å². The number of hydrogen-bond donors (Lipinski definition) is 1. The van der Waals surface area contributed by atoms with Crippen molar-refractivity contribution < 1.29 is 18.3 Å². The fourth-order valence-corrected chi connectivity index (χ4v) is 6.00. The lowest BCUT2D eigenvalue weighted by Gasteiger charge is -2.40. The first-order chi connectivity index (χ1) is 18.2. The summed E-state index contributed by atoms with van der Waals surface area (Å²) in [7, 11) is 5.90. The van der Waals surface area contributed by atoms with Gasteiger partial charge in [-0.05, 0) is 88.6 Å². The number of nitrogens with two attached hydrogens (primary N) is 1. The molecule has 0 radical (unpaired) electrons. The molecule has 9 heteroatoms. The van der Waals surface area contributed by atoms with Crippen LogP contribution in [0.3, 0.4) is 0 Å². The van der Waals surface area contributed by atoms with Crippen molar-refractivity contribution >= 4 is 23.4 Å². The van der Waals surface area contributed by atoms with Gasteiger partial charge in [0.2, 0.25) is 11.8 Å². The number of nitrogen functional groups attached to an aromatic ring is 1. The van der Waals surface area contributed by atoms with Crippen LogP contribution < -0.4 is 5.73 Å². The number of rotatable bonds is 10. The number of nitrogens with zero attached hydrogens (tertiary/aromatic N) is 4. The third-order valence-corrected chi connectivity index (χ3v) is 8.03. The van der Waals surface area contributed by atoms with Gasteiger partial charge in [-0.15, -0.1) is 0 Å². The smallest absolute Gasteiger partial charge is 0.251 e. The molecular weight excluding hydrogens is 488 g/mol. The lowest BCUT2D eigenvalue weighted by atomic mass is 9.69. The van der Waals surface area contributed by atoms with Crippen molar-refractivity contribution in [3.63, 3.8) is 0 Å². The van der Waals surface area contributed by atoms with Crippen LogP contribution in [-0.2, 0) is 9.53 Å². The van der Waals surface area contributed by atoms with E-state index < -0.39 is 11.8 Å². The molecule has 1 spiro atoms. The third kappa shape index (κ3) is 5.78. The van der Waals surface area contributed by atoms with Gasteiger partial charge in [0, 0.05) is 42.7 Å². The molecule has 1 atom stereocenters. The molecule has 1 saturated heterocycles. The summed E-state index contributed by atoms with van der Waals surface area (Å²) in [6, 6.07) is 6.04. The quantitative estimate of drug-likeness (QED) is 0.355. The molecule has 1 unspecified atom stereocenters. The standard InChI is InChI=1S/C29H41F2N5O2/c1-5-24-27(29(28(37)35(24)4)11-14-36(15-12-29)19-25(30)31)22-17-20(7-9-23(22)32)21-8-10-26(33-18-21)38-16-6-13-34(2)3/h7,9-10,17-18,21,25H,5-6,8,11-16,19,32H2,1-4H3. The van der Waals surface area contributed by atoms with Crippen LogP contribution in [0.4, 0.5) is 14.5 Å². The number of ether oxygens (including phenoxy) is 1. The molecule has 38 heavy (non-hydrogen) atoms. The minimum atomic E-state index is -2.38. The highest BCUT2D eigenvalue weighted by molar-refractivity contribution is 6.05. The van der Waals surface area contributed by atoms with E-state index in [1.54, 1.807) is 9.80 Å². The van der Waals surface area contributed by atoms with E-state index in [1.807, 2.05) is 52.5 Å². The molecule has 208 valence electrons. The van der Waals surface area contributed by atoms with Crippen LogP contribution in [0.25, 0.3) is 5.57 Å². The monoisotopic (exact) mass is 529 g/mol. The first-order valence-electron chi connectivity index (χ1n) is 13.6. The molecule has 1 aromatic carbocycles. The summed E-state index contributed by atoms with van der Waals surface area (Å²) >= 11 is 0. The Hall–Kier alpha value is -2.78. The Labute approximate surface area is 225 Å². The molecule has 4 rings (SSSR count). The second kappa shape index (κ2) is 11.9. The fourth-order valence-electron chi connectivity index (χ4n) is 6.00. The number of carbonyl (C=O) groups excluding carboxylic acids is 1. The predicted octanol–water partition coefficient (Wildman–Crippen LogP) is 4.58. The number of alkyl halides is 2. The summed E-state index contributed by atoms with van der Waals surface area (Å²) in [5, 5.41) is 0. The van der Waals surface area contributed by atoms with Gasteiger partial charge in [0.1, 0.15) is 0 Å². The number of carbonyl (C=O) groups is 1. The number of allylic oxidation sites excluding steroid dienone is 2. The van der Waals surface area contributed by atoms with Gasteiger partial charge < -0.3 is 20.3 Å². The summed E-state index contributed by atoms with van der Waals surface area (Å²) in [5.74, 6) is 0.779. The highest BCUT2D eigenvalue weighted by atomic mass is 19.3. The molecule has 2 N–H and O–H groups in total. The van der Waals surface area contributed by atoms with Crippen LogP contribution in [0.15, 0.2) is 40.8 Å². The van der Waals surface area contributed by atoms with Gasteiger partial charge in [0.05, 0.1) is 18.6 Å². The van der Waals surface area contributed by atoms with Crippen molar-refractivity contribution in [1.29, 1.82) is 0 Å². The van der Waals surface area contributed by atoms with E-state index in [2.05, 4.69) is 16.0 Å². The van der Waals surface area contributed by atoms with E-state index in [0.29, 0.717) is 50.5 Å². The first kappa shape index (κ1) is 28.2. The maximum Gasteiger partial charge on any atom is 0.251 e. The molecule has 7 nitrogen and oxygen atoms in total. The Bertz CT molecular complexity index is 1110. The summed E-state index contributed by atoms with van der Waals surface area (Å²) in [4.78, 5) is 23.9. The average Bonchev–Trinajstić information content (AvgIpc) is 3.09. The molecule has 0 bridgehead atoms. The molecule has 3 aliphatic rings. The zero-order valence-corrected chi connectivity index (χ0v) is 23.1. The van der Waals surface area contributed by atoms with Crippen LogP contribution in [0.2, 0.25) is 0 Å². The Kier molecular flexibility index (Phi) is 8.88. The van der Waals surface area contributed by atoms with Gasteiger partial charge in [0.15, 0.2) is 0 Å². The zero-order chi connectivity index (χ0) is 27.4. The summed E-state index contributed by atoms with van der Waals surface area (Å²) < 4.78 is 31.9. The topological polar surface area (TPSA) is 74.4 Å². The Morgan fingerprint density at radius 1 is 1.26 bits per heavy atom. The summed E-state index contributed by atoms with van der Waals surface area (Å²) in [6.07, 6.45) is 4.98. The highest BCUT2D eigenvalue weighted by Crippen LogP contribution is 2.54. The van der Waals surface area contributed by atoms with Crippen LogP contribution in [0.1, 0.15) is 56.1 Å². The van der Waals surface area contributed by atoms with Gasteiger partial charge in [-0.1, -0.05) is 13.0 Å². The second-order valence-electron chi connectivity index (χ2n) is 10.8. The zero-order valence-electron chi connectivity index (χ0n) is 23.1. The minimum absolute atomic E-state index is 0.0454. The van der Waals surface area contributed by atoms with Gasteiger partial charge in [0.25, 0.3) is 6.43 Å². The molecule has 3 heterocycles. The molecule has 1 fully saturated rings. The number of amides is 1. The van der Waals surface area contributed by atoms with Gasteiger partial charge >= 0.3 is 0 Å². The lowest BCUT2D eigenvalue weighted by molar-refractivity contribution is -0.136. The fraction of sp³-hybridized carbons (Fsp3) is 0.586. The summed E-state index contributed by atoms with van der Waals surface area (Å²) in [5.41, 5.74) is 10.3. The number of halogens is 2. The molecule has 3 aliphatic heterocycles. The normalized spacial score (nSPS) is 21.8. The Balaban J connectivity index is 1.57. The third-order valence-electron chi connectivity index (χ3n) is 8.03. The second-order valence-corrected chi connectivity index (χ2v) is 10.8. The minimum Gasteiger partial charge on any atom is -0.478 e. The number of benzene rings is 1. The number of anilines is 1. The molecule has 0 aromatic heterocycles. The van der Waals surface area contributed by atoms with E-state index in [0.717, 1.165) is 41.8 Å². The highest BCUT2D eigenvalue weighted by Gasteiger charge is 2.53. The van der Waals surface area contributed by atoms with E-state index in [9.17, 15) is 13.6 Å². The first-order valence-corrected chi connectivity index (χ1v) is 13.6. The number of piperidine rings is 1. The van der Waals surface area contributed by atoms with Crippen molar-refractivity contribution in [3.05, 3.63) is 47.0 Å². The number of likely N-dealkylation sites (tertiary alicyclic amines) is 1. The molecule has 0 saturated carbocycles. The number of aliphatic imine (C=N–C) groups is 1. The average molecular weight is 530 g/mol. The van der Waals surface area contributed by atoms with Crippen LogP contribution in [0, 0.1) is 5.41 Å². The van der Waals surface area contributed by atoms with Gasteiger partial charge in [-0.3, -0.25) is 9.69 Å². The Morgan fingerprint density at radius 2 is 2.00 bits per heavy atom. The van der Waals surface area contributed by atoms with Crippen LogP contribution in [0.5, 0.6) is 0 Å². The maximum absolute atomic E-state index is 13.7. The van der Waals surface area contributed by atoms with Crippen molar-refractivity contribution in [2.45, 2.75) is 51.4 Å². The largest absolute Gasteiger partial charge is 0.478 e. The van der Waals surface area contributed by atoms with Crippen molar-refractivity contribution in [2.75, 3.05) is 59.7 Å².